The van der Waals surface area contributed by atoms with E-state index in [0.717, 1.165) is 9.87 Å². The first kappa shape index (κ1) is 18.9. The summed E-state index contributed by atoms with van der Waals surface area (Å²) < 4.78 is 36.8. The number of benzene rings is 2. The molecular weight excluding hydrogens is 370 g/mol. The smallest absolute Gasteiger partial charge is 0.347 e. The number of hydrogen-bond donors (Lipinski definition) is 0. The zero-order chi connectivity index (χ0) is 19.6. The van der Waals surface area contributed by atoms with Crippen LogP contribution in [-0.4, -0.2) is 40.1 Å². The first-order valence-corrected chi connectivity index (χ1v) is 9.76. The van der Waals surface area contributed by atoms with Crippen LogP contribution < -0.4 is 4.31 Å². The maximum atomic E-state index is 12.9. The van der Waals surface area contributed by atoms with Crippen LogP contribution in [0.4, 0.5) is 5.69 Å². The molecule has 0 spiro atoms. The van der Waals surface area contributed by atoms with E-state index in [1.165, 1.54) is 31.3 Å². The predicted octanol–water partition coefficient (Wildman–Crippen LogP) is 2.29. The highest BCUT2D eigenvalue weighted by Crippen LogP contribution is 2.23. The lowest BCUT2D eigenvalue weighted by Crippen LogP contribution is -2.27. The fourth-order valence-corrected chi connectivity index (χ4v) is 3.86. The van der Waals surface area contributed by atoms with Gasteiger partial charge in [-0.3, -0.25) is 4.31 Å². The van der Waals surface area contributed by atoms with Crippen molar-refractivity contribution in [2.45, 2.75) is 24.3 Å². The highest BCUT2D eigenvalue weighted by molar-refractivity contribution is 7.92. The van der Waals surface area contributed by atoms with Gasteiger partial charge in [0.25, 0.3) is 10.0 Å². The zero-order valence-corrected chi connectivity index (χ0v) is 15.7. The lowest BCUT2D eigenvalue weighted by Gasteiger charge is -2.20. The molecule has 8 heteroatoms. The molecule has 2 aromatic rings. The molecule has 1 aliphatic heterocycles. The summed E-state index contributed by atoms with van der Waals surface area (Å²) >= 11 is 0. The molecule has 0 bridgehead atoms. The largest absolute Gasteiger partial charge is 0.463 e. The highest BCUT2D eigenvalue weighted by atomic mass is 32.2. The van der Waals surface area contributed by atoms with Crippen LogP contribution in [0.2, 0.25) is 0 Å². The minimum absolute atomic E-state index is 0.0472. The van der Waals surface area contributed by atoms with E-state index in [0.29, 0.717) is 12.1 Å². The van der Waals surface area contributed by atoms with Crippen LogP contribution in [0.15, 0.2) is 53.4 Å². The number of cyclic esters (lactones) is 1. The SMILES string of the molecule is Cc1ccc(N(C)S(=O)(=O)c2cccc(C(=O)O[C@@H]3CCOC3=O)c2)cc1. The van der Waals surface area contributed by atoms with Gasteiger partial charge >= 0.3 is 11.9 Å². The Kier molecular flexibility index (Phi) is 5.18. The Bertz CT molecular complexity index is 968. The van der Waals surface area contributed by atoms with Crippen molar-refractivity contribution in [3.8, 4) is 0 Å². The molecule has 27 heavy (non-hydrogen) atoms. The summed E-state index contributed by atoms with van der Waals surface area (Å²) in [5.41, 5.74) is 1.56. The Balaban J connectivity index is 1.84. The van der Waals surface area contributed by atoms with E-state index < -0.39 is 28.1 Å². The summed E-state index contributed by atoms with van der Waals surface area (Å²) in [5.74, 6) is -1.36. The Morgan fingerprint density at radius 3 is 2.52 bits per heavy atom. The molecule has 0 aromatic heterocycles. The number of aryl methyl sites for hydroxylation is 1. The second kappa shape index (κ2) is 7.40. The van der Waals surface area contributed by atoms with E-state index in [-0.39, 0.29) is 17.1 Å². The first-order valence-electron chi connectivity index (χ1n) is 8.32. The Morgan fingerprint density at radius 2 is 1.89 bits per heavy atom. The average molecular weight is 389 g/mol. The van der Waals surface area contributed by atoms with Gasteiger partial charge in [-0.25, -0.2) is 18.0 Å². The van der Waals surface area contributed by atoms with Gasteiger partial charge in [0.15, 0.2) is 0 Å². The molecule has 0 saturated carbocycles. The minimum atomic E-state index is -3.86. The van der Waals surface area contributed by atoms with E-state index in [1.54, 1.807) is 12.1 Å². The first-order chi connectivity index (χ1) is 12.8. The van der Waals surface area contributed by atoms with Crippen LogP contribution in [0.1, 0.15) is 22.3 Å². The molecule has 1 aliphatic rings. The number of sulfonamides is 1. The topological polar surface area (TPSA) is 90.0 Å². The van der Waals surface area contributed by atoms with E-state index in [9.17, 15) is 18.0 Å². The van der Waals surface area contributed by atoms with Gasteiger partial charge < -0.3 is 9.47 Å². The molecule has 3 rings (SSSR count). The van der Waals surface area contributed by atoms with Crippen LogP contribution in [0.5, 0.6) is 0 Å². The van der Waals surface area contributed by atoms with Gasteiger partial charge in [-0.2, -0.15) is 0 Å². The third-order valence-electron chi connectivity index (χ3n) is 4.26. The zero-order valence-electron chi connectivity index (χ0n) is 14.9. The molecule has 0 amide bonds. The summed E-state index contributed by atoms with van der Waals surface area (Å²) in [5, 5.41) is 0. The van der Waals surface area contributed by atoms with Gasteiger partial charge in [0.05, 0.1) is 22.8 Å². The van der Waals surface area contributed by atoms with Crippen molar-refractivity contribution in [1.82, 2.24) is 0 Å². The predicted molar refractivity (Wildman–Crippen MR) is 98.0 cm³/mol. The quantitative estimate of drug-likeness (QED) is 0.729. The second-order valence-corrected chi connectivity index (χ2v) is 8.16. The summed E-state index contributed by atoms with van der Waals surface area (Å²) in [7, 11) is -2.42. The number of nitrogens with zero attached hydrogens (tertiary/aromatic N) is 1. The highest BCUT2D eigenvalue weighted by Gasteiger charge is 2.31. The van der Waals surface area contributed by atoms with E-state index in [2.05, 4.69) is 0 Å². The molecule has 1 saturated heterocycles. The summed E-state index contributed by atoms with van der Waals surface area (Å²) in [6.45, 7) is 2.11. The number of ether oxygens (including phenoxy) is 2. The molecule has 0 aliphatic carbocycles. The molecule has 0 unspecified atom stereocenters. The number of rotatable bonds is 5. The normalized spacial score (nSPS) is 16.7. The maximum Gasteiger partial charge on any atom is 0.347 e. The molecular formula is C19H19NO6S. The van der Waals surface area contributed by atoms with Gasteiger partial charge in [-0.05, 0) is 37.3 Å². The number of carbonyl (C=O) groups is 2. The van der Waals surface area contributed by atoms with Crippen LogP contribution in [-0.2, 0) is 24.3 Å². The molecule has 1 fully saturated rings. The molecule has 0 N–H and O–H groups in total. The standard InChI is InChI=1S/C19H19NO6S/c1-13-6-8-15(9-7-13)20(2)27(23,24)16-5-3-4-14(12-16)18(21)26-17-10-11-25-19(17)22/h3-9,12,17H,10-11H2,1-2H3/t17-/m1/s1. The van der Waals surface area contributed by atoms with Gasteiger partial charge in [0.1, 0.15) is 0 Å². The van der Waals surface area contributed by atoms with Crippen LogP contribution in [0.3, 0.4) is 0 Å². The molecule has 1 heterocycles. The monoisotopic (exact) mass is 389 g/mol. The van der Waals surface area contributed by atoms with Gasteiger partial charge in [-0.1, -0.05) is 23.8 Å². The summed E-state index contributed by atoms with van der Waals surface area (Å²) in [6, 6.07) is 12.6. The van der Waals surface area contributed by atoms with E-state index in [1.807, 2.05) is 19.1 Å². The molecule has 0 radical (unpaired) electrons. The van der Waals surface area contributed by atoms with Crippen molar-refractivity contribution in [2.24, 2.45) is 0 Å². The van der Waals surface area contributed by atoms with Crippen molar-refractivity contribution in [2.75, 3.05) is 18.0 Å². The number of carbonyl (C=O) groups excluding carboxylic acids is 2. The fourth-order valence-electron chi connectivity index (χ4n) is 2.62. The van der Waals surface area contributed by atoms with Crippen molar-refractivity contribution in [3.05, 3.63) is 59.7 Å². The average Bonchev–Trinajstić information content (AvgIpc) is 3.06. The maximum absolute atomic E-state index is 12.9. The fraction of sp³-hybridized carbons (Fsp3) is 0.263. The van der Waals surface area contributed by atoms with Crippen LogP contribution in [0, 0.1) is 6.92 Å². The minimum Gasteiger partial charge on any atom is -0.463 e. The Labute approximate surface area is 157 Å². The third-order valence-corrected chi connectivity index (χ3v) is 6.04. The lowest BCUT2D eigenvalue weighted by atomic mass is 10.2. The second-order valence-electron chi connectivity index (χ2n) is 6.19. The van der Waals surface area contributed by atoms with E-state index >= 15 is 0 Å². The number of esters is 2. The van der Waals surface area contributed by atoms with Crippen LogP contribution >= 0.6 is 0 Å². The van der Waals surface area contributed by atoms with Crippen molar-refractivity contribution < 1.29 is 27.5 Å². The number of anilines is 1. The van der Waals surface area contributed by atoms with Crippen molar-refractivity contribution >= 4 is 27.6 Å². The number of hydrogen-bond acceptors (Lipinski definition) is 6. The molecule has 7 nitrogen and oxygen atoms in total. The van der Waals surface area contributed by atoms with Crippen LogP contribution in [0.25, 0.3) is 0 Å². The van der Waals surface area contributed by atoms with Gasteiger partial charge in [-0.15, -0.1) is 0 Å². The summed E-state index contributed by atoms with van der Waals surface area (Å²) in [6.07, 6.45) is -0.661. The summed E-state index contributed by atoms with van der Waals surface area (Å²) in [4.78, 5) is 23.7. The Morgan fingerprint density at radius 1 is 1.19 bits per heavy atom. The van der Waals surface area contributed by atoms with Gasteiger partial charge in [0, 0.05) is 13.5 Å². The van der Waals surface area contributed by atoms with E-state index in [4.69, 9.17) is 9.47 Å². The molecule has 142 valence electrons. The third kappa shape index (κ3) is 3.95. The van der Waals surface area contributed by atoms with Crippen molar-refractivity contribution in [3.63, 3.8) is 0 Å². The van der Waals surface area contributed by atoms with Crippen molar-refractivity contribution in [1.29, 1.82) is 0 Å². The molecule has 2 aromatic carbocycles. The lowest BCUT2D eigenvalue weighted by molar-refractivity contribution is -0.145. The van der Waals surface area contributed by atoms with Gasteiger partial charge in [0.2, 0.25) is 6.10 Å². The Hall–Kier alpha value is -2.87. The molecule has 1 atom stereocenters.